The smallest absolute Gasteiger partial charge is 0.0880 e. The highest BCUT2D eigenvalue weighted by Gasteiger charge is 2.35. The summed E-state index contributed by atoms with van der Waals surface area (Å²) in [4.78, 5) is 5.31. The van der Waals surface area contributed by atoms with Crippen molar-refractivity contribution >= 4 is 38.1 Å². The first-order valence-corrected chi connectivity index (χ1v) is 11.1. The summed E-state index contributed by atoms with van der Waals surface area (Å²) < 4.78 is 1.27. The molecule has 0 bridgehead atoms. The van der Waals surface area contributed by atoms with Gasteiger partial charge in [0.15, 0.2) is 0 Å². The molecule has 1 aliphatic carbocycles. The van der Waals surface area contributed by atoms with Crippen LogP contribution in [-0.4, -0.2) is 30.7 Å². The van der Waals surface area contributed by atoms with E-state index in [1.807, 2.05) is 0 Å². The van der Waals surface area contributed by atoms with E-state index in [0.29, 0.717) is 12.1 Å². The average molecular weight is 434 g/mol. The Balaban J connectivity index is 1.22. The monoisotopic (exact) mass is 433 g/mol. The van der Waals surface area contributed by atoms with Crippen LogP contribution < -0.4 is 10.2 Å². The van der Waals surface area contributed by atoms with E-state index in [9.17, 15) is 0 Å². The lowest BCUT2D eigenvalue weighted by Crippen LogP contribution is -2.46. The van der Waals surface area contributed by atoms with Gasteiger partial charge < -0.3 is 10.2 Å². The summed E-state index contributed by atoms with van der Waals surface area (Å²) in [6.45, 7) is 3.30. The molecule has 2 aliphatic heterocycles. The molecular weight excluding hydrogens is 410 g/mol. The zero-order valence-electron chi connectivity index (χ0n) is 15.9. The third kappa shape index (κ3) is 2.51. The van der Waals surface area contributed by atoms with Crippen LogP contribution in [0, 0.1) is 0 Å². The van der Waals surface area contributed by atoms with Crippen LogP contribution in [0.1, 0.15) is 30.0 Å². The minimum atomic E-state index is 0.530. The van der Waals surface area contributed by atoms with Crippen LogP contribution >= 0.6 is 15.9 Å². The molecule has 1 saturated heterocycles. The van der Waals surface area contributed by atoms with Gasteiger partial charge in [0.05, 0.1) is 18.0 Å². The normalized spacial score (nSPS) is 21.9. The molecule has 1 fully saturated rings. The van der Waals surface area contributed by atoms with Crippen molar-refractivity contribution in [2.24, 2.45) is 0 Å². The molecule has 28 heavy (non-hydrogen) atoms. The third-order valence-corrected chi connectivity index (χ3v) is 7.66. The van der Waals surface area contributed by atoms with E-state index in [4.69, 9.17) is 0 Å². The second-order valence-corrected chi connectivity index (χ2v) is 9.13. The highest BCUT2D eigenvalue weighted by Crippen LogP contribution is 2.44. The molecule has 3 aromatic carbocycles. The zero-order valence-corrected chi connectivity index (χ0v) is 17.5. The van der Waals surface area contributed by atoms with Crippen molar-refractivity contribution in [3.05, 3.63) is 70.2 Å². The SMILES string of the molecule is Brc1ccc2cccc3c2c1CC3N1CCC(N2CNc3ccccc32)CC1. The van der Waals surface area contributed by atoms with Gasteiger partial charge in [0.1, 0.15) is 0 Å². The Kier molecular flexibility index (Phi) is 3.92. The first-order valence-electron chi connectivity index (χ1n) is 10.3. The van der Waals surface area contributed by atoms with Gasteiger partial charge in [-0.05, 0) is 59.4 Å². The van der Waals surface area contributed by atoms with E-state index >= 15 is 0 Å². The molecule has 0 amide bonds. The number of likely N-dealkylation sites (tertiary alicyclic amines) is 1. The Bertz CT molecular complexity index is 1050. The predicted molar refractivity (Wildman–Crippen MR) is 120 cm³/mol. The van der Waals surface area contributed by atoms with Gasteiger partial charge in [-0.15, -0.1) is 0 Å². The standard InChI is InChI=1S/C24H24BrN3/c25-20-9-8-16-4-3-5-18-23(14-19(20)24(16)18)27-12-10-17(11-13-27)28-15-26-21-6-1-2-7-22(21)28/h1-9,17,23,26H,10-15H2. The molecule has 0 saturated carbocycles. The number of hydrogen-bond donors (Lipinski definition) is 1. The maximum absolute atomic E-state index is 3.80. The van der Waals surface area contributed by atoms with Crippen LogP contribution in [0.4, 0.5) is 11.4 Å². The minimum Gasteiger partial charge on any atom is -0.366 e. The Morgan fingerprint density at radius 2 is 1.79 bits per heavy atom. The lowest BCUT2D eigenvalue weighted by molar-refractivity contribution is 0.153. The molecule has 3 aliphatic rings. The fourth-order valence-electron chi connectivity index (χ4n) is 5.53. The van der Waals surface area contributed by atoms with Gasteiger partial charge in [0.25, 0.3) is 0 Å². The van der Waals surface area contributed by atoms with Gasteiger partial charge in [0, 0.05) is 29.6 Å². The maximum atomic E-state index is 3.80. The molecular formula is C24H24BrN3. The maximum Gasteiger partial charge on any atom is 0.0880 e. The number of nitrogens with one attached hydrogen (secondary N) is 1. The number of anilines is 2. The quantitative estimate of drug-likeness (QED) is 0.570. The van der Waals surface area contributed by atoms with Crippen molar-refractivity contribution in [1.82, 2.24) is 4.90 Å². The van der Waals surface area contributed by atoms with E-state index in [0.717, 1.165) is 13.1 Å². The van der Waals surface area contributed by atoms with Crippen LogP contribution in [0.3, 0.4) is 0 Å². The topological polar surface area (TPSA) is 18.5 Å². The van der Waals surface area contributed by atoms with E-state index in [-0.39, 0.29) is 0 Å². The summed E-state index contributed by atoms with van der Waals surface area (Å²) >= 11 is 3.80. The summed E-state index contributed by atoms with van der Waals surface area (Å²) in [6.07, 6.45) is 3.61. The number of benzene rings is 3. The number of nitrogens with zero attached hydrogens (tertiary/aromatic N) is 2. The second-order valence-electron chi connectivity index (χ2n) is 8.28. The van der Waals surface area contributed by atoms with Gasteiger partial charge in [-0.1, -0.05) is 52.3 Å². The number of piperidine rings is 1. The number of fused-ring (bicyclic) bond motifs is 1. The van der Waals surface area contributed by atoms with Crippen molar-refractivity contribution in [2.75, 3.05) is 30.0 Å². The first kappa shape index (κ1) is 16.9. The molecule has 0 aromatic heterocycles. The Labute approximate surface area is 174 Å². The number of hydrogen-bond acceptors (Lipinski definition) is 3. The summed E-state index contributed by atoms with van der Waals surface area (Å²) in [5.41, 5.74) is 5.69. The van der Waals surface area contributed by atoms with E-state index in [1.54, 1.807) is 0 Å². The van der Waals surface area contributed by atoms with Crippen LogP contribution in [-0.2, 0) is 6.42 Å². The molecule has 3 aromatic rings. The van der Waals surface area contributed by atoms with Crippen molar-refractivity contribution in [2.45, 2.75) is 31.3 Å². The van der Waals surface area contributed by atoms with E-state index in [2.05, 4.69) is 85.6 Å². The molecule has 0 radical (unpaired) electrons. The molecule has 1 atom stereocenters. The van der Waals surface area contributed by atoms with Gasteiger partial charge >= 0.3 is 0 Å². The number of halogens is 1. The molecule has 3 nitrogen and oxygen atoms in total. The Morgan fingerprint density at radius 1 is 0.929 bits per heavy atom. The summed E-state index contributed by atoms with van der Waals surface area (Å²) in [5.74, 6) is 0. The van der Waals surface area contributed by atoms with E-state index < -0.39 is 0 Å². The molecule has 1 N–H and O–H groups in total. The van der Waals surface area contributed by atoms with Gasteiger partial charge in [-0.3, -0.25) is 4.90 Å². The summed E-state index contributed by atoms with van der Waals surface area (Å²) in [7, 11) is 0. The fourth-order valence-corrected chi connectivity index (χ4v) is 6.02. The minimum absolute atomic E-state index is 0.530. The Hall–Kier alpha value is -2.04. The number of para-hydroxylation sites is 2. The molecule has 142 valence electrons. The van der Waals surface area contributed by atoms with E-state index in [1.165, 1.54) is 63.7 Å². The van der Waals surface area contributed by atoms with Crippen LogP contribution in [0.2, 0.25) is 0 Å². The highest BCUT2D eigenvalue weighted by atomic mass is 79.9. The zero-order chi connectivity index (χ0) is 18.7. The van der Waals surface area contributed by atoms with Crippen molar-refractivity contribution in [3.63, 3.8) is 0 Å². The molecule has 2 heterocycles. The highest BCUT2D eigenvalue weighted by molar-refractivity contribution is 9.10. The van der Waals surface area contributed by atoms with Crippen molar-refractivity contribution in [1.29, 1.82) is 0 Å². The lowest BCUT2D eigenvalue weighted by atomic mass is 9.98. The van der Waals surface area contributed by atoms with Crippen LogP contribution in [0.15, 0.2) is 59.1 Å². The first-order chi connectivity index (χ1) is 13.8. The number of rotatable bonds is 2. The van der Waals surface area contributed by atoms with Crippen LogP contribution in [0.25, 0.3) is 10.8 Å². The second kappa shape index (κ2) is 6.50. The molecule has 0 spiro atoms. The molecule has 1 unspecified atom stereocenters. The molecule has 4 heteroatoms. The molecule has 6 rings (SSSR count). The van der Waals surface area contributed by atoms with Gasteiger partial charge in [-0.25, -0.2) is 0 Å². The van der Waals surface area contributed by atoms with Crippen LogP contribution in [0.5, 0.6) is 0 Å². The average Bonchev–Trinajstić information content (AvgIpc) is 3.34. The van der Waals surface area contributed by atoms with Gasteiger partial charge in [0.2, 0.25) is 0 Å². The third-order valence-electron chi connectivity index (χ3n) is 6.92. The van der Waals surface area contributed by atoms with Crippen molar-refractivity contribution in [3.8, 4) is 0 Å². The fraction of sp³-hybridized carbons (Fsp3) is 0.333. The summed E-state index contributed by atoms with van der Waals surface area (Å²) in [6, 6.07) is 21.2. The van der Waals surface area contributed by atoms with Gasteiger partial charge in [-0.2, -0.15) is 0 Å². The lowest BCUT2D eigenvalue weighted by Gasteiger charge is -2.40. The largest absolute Gasteiger partial charge is 0.366 e. The predicted octanol–water partition coefficient (Wildman–Crippen LogP) is 5.55. The summed E-state index contributed by atoms with van der Waals surface area (Å²) in [5, 5.41) is 6.42. The van der Waals surface area contributed by atoms with Crippen molar-refractivity contribution < 1.29 is 0 Å². The Morgan fingerprint density at radius 3 is 2.68 bits per heavy atom.